The third-order valence-corrected chi connectivity index (χ3v) is 3.47. The van der Waals surface area contributed by atoms with Crippen molar-refractivity contribution in [2.75, 3.05) is 12.5 Å². The van der Waals surface area contributed by atoms with E-state index in [2.05, 4.69) is 0 Å². The fourth-order valence-corrected chi connectivity index (χ4v) is 2.32. The van der Waals surface area contributed by atoms with E-state index >= 15 is 0 Å². The van der Waals surface area contributed by atoms with Crippen LogP contribution in [-0.4, -0.2) is 18.3 Å². The number of Topliss-reactive ketones (excluding diaryl/α,β-unsaturated/α-hetero) is 1. The number of ketones is 1. The zero-order valence-electron chi connectivity index (χ0n) is 12.1. The second kappa shape index (κ2) is 7.84. The molecule has 21 heavy (non-hydrogen) atoms. The predicted molar refractivity (Wildman–Crippen MR) is 87.1 cm³/mol. The third kappa shape index (κ3) is 4.08. The van der Waals surface area contributed by atoms with Gasteiger partial charge in [-0.15, -0.1) is 11.6 Å². The van der Waals surface area contributed by atoms with Crippen molar-refractivity contribution in [3.63, 3.8) is 0 Å². The minimum Gasteiger partial charge on any atom is -0.492 e. The maximum atomic E-state index is 11.8. The summed E-state index contributed by atoms with van der Waals surface area (Å²) in [5.41, 5.74) is 3.08. The Morgan fingerprint density at radius 1 is 1.05 bits per heavy atom. The largest absolute Gasteiger partial charge is 0.492 e. The highest BCUT2D eigenvalue weighted by Crippen LogP contribution is 2.32. The number of carbonyl (C=O) groups is 1. The molecule has 2 rings (SSSR count). The summed E-state index contributed by atoms with van der Waals surface area (Å²) < 4.78 is 5.71. The molecular weight excluding hydrogens is 284 g/mol. The first kappa shape index (κ1) is 15.6. The van der Waals surface area contributed by atoms with Gasteiger partial charge in [0.15, 0.2) is 0 Å². The molecule has 0 saturated carbocycles. The lowest BCUT2D eigenvalue weighted by atomic mass is 9.95. The number of benzene rings is 2. The first-order chi connectivity index (χ1) is 10.3. The fraction of sp³-hybridized carbons (Fsp3) is 0.278. The molecule has 0 aliphatic rings. The number of alkyl halides is 1. The van der Waals surface area contributed by atoms with Crippen LogP contribution in [0.5, 0.6) is 5.75 Å². The van der Waals surface area contributed by atoms with E-state index < -0.39 is 0 Å². The minimum absolute atomic E-state index is 0.238. The van der Waals surface area contributed by atoms with Crippen LogP contribution < -0.4 is 4.74 Å². The van der Waals surface area contributed by atoms with Crippen molar-refractivity contribution >= 4 is 17.4 Å². The fourth-order valence-electron chi connectivity index (χ4n) is 2.24. The van der Waals surface area contributed by atoms with Crippen molar-refractivity contribution in [1.29, 1.82) is 0 Å². The highest BCUT2D eigenvalue weighted by Gasteiger charge is 2.11. The average molecular weight is 303 g/mol. The lowest BCUT2D eigenvalue weighted by molar-refractivity contribution is -0.118. The van der Waals surface area contributed by atoms with Crippen LogP contribution in [0.25, 0.3) is 11.1 Å². The number of rotatable bonds is 7. The van der Waals surface area contributed by atoms with Crippen LogP contribution in [0.15, 0.2) is 48.5 Å². The van der Waals surface area contributed by atoms with Crippen LogP contribution in [0.1, 0.15) is 18.9 Å². The van der Waals surface area contributed by atoms with E-state index in [0.717, 1.165) is 22.4 Å². The van der Waals surface area contributed by atoms with Crippen LogP contribution >= 0.6 is 11.6 Å². The summed E-state index contributed by atoms with van der Waals surface area (Å²) in [5, 5.41) is 0. The molecule has 2 aromatic carbocycles. The molecule has 0 heterocycles. The van der Waals surface area contributed by atoms with Gasteiger partial charge in [-0.05, 0) is 17.2 Å². The Bertz CT molecular complexity index is 608. The van der Waals surface area contributed by atoms with E-state index in [0.29, 0.717) is 25.3 Å². The second-order valence-corrected chi connectivity index (χ2v) is 5.14. The van der Waals surface area contributed by atoms with Crippen molar-refractivity contribution in [2.45, 2.75) is 19.8 Å². The molecule has 110 valence electrons. The van der Waals surface area contributed by atoms with Crippen molar-refractivity contribution in [2.24, 2.45) is 0 Å². The topological polar surface area (TPSA) is 26.3 Å². The van der Waals surface area contributed by atoms with E-state index in [-0.39, 0.29) is 5.78 Å². The van der Waals surface area contributed by atoms with Crippen LogP contribution in [0.3, 0.4) is 0 Å². The Labute approximate surface area is 130 Å². The van der Waals surface area contributed by atoms with Crippen molar-refractivity contribution in [3.05, 3.63) is 54.1 Å². The molecule has 0 unspecified atom stereocenters. The number of carbonyl (C=O) groups excluding carboxylic acids is 1. The van der Waals surface area contributed by atoms with Gasteiger partial charge >= 0.3 is 0 Å². The zero-order valence-corrected chi connectivity index (χ0v) is 12.9. The smallest absolute Gasteiger partial charge is 0.137 e. The molecule has 0 aliphatic carbocycles. The Morgan fingerprint density at radius 3 is 2.43 bits per heavy atom. The van der Waals surface area contributed by atoms with Crippen LogP contribution in [0.2, 0.25) is 0 Å². The second-order valence-electron chi connectivity index (χ2n) is 4.76. The predicted octanol–water partition coefficient (Wildman–Crippen LogP) is 4.49. The van der Waals surface area contributed by atoms with Crippen LogP contribution in [0, 0.1) is 0 Å². The summed E-state index contributed by atoms with van der Waals surface area (Å²) >= 11 is 5.70. The lowest BCUT2D eigenvalue weighted by Gasteiger charge is -2.14. The summed E-state index contributed by atoms with van der Waals surface area (Å²) in [7, 11) is 0. The quantitative estimate of drug-likeness (QED) is 0.704. The van der Waals surface area contributed by atoms with Gasteiger partial charge in [-0.2, -0.15) is 0 Å². The van der Waals surface area contributed by atoms with Gasteiger partial charge in [0, 0.05) is 18.4 Å². The monoisotopic (exact) mass is 302 g/mol. The highest BCUT2D eigenvalue weighted by atomic mass is 35.5. The summed E-state index contributed by atoms with van der Waals surface area (Å²) in [6, 6.07) is 15.8. The molecule has 2 aromatic rings. The van der Waals surface area contributed by atoms with E-state index in [4.69, 9.17) is 16.3 Å². The summed E-state index contributed by atoms with van der Waals surface area (Å²) in [6.07, 6.45) is 1.01. The molecular formula is C18H19ClO2. The van der Waals surface area contributed by atoms with Gasteiger partial charge in [0.1, 0.15) is 18.1 Å². The minimum atomic E-state index is 0.238. The normalized spacial score (nSPS) is 10.4. The molecule has 0 atom stereocenters. The summed E-state index contributed by atoms with van der Waals surface area (Å²) in [6.45, 7) is 2.36. The van der Waals surface area contributed by atoms with E-state index in [1.807, 2.05) is 55.5 Å². The number of hydrogen-bond acceptors (Lipinski definition) is 2. The van der Waals surface area contributed by atoms with E-state index in [1.165, 1.54) is 0 Å². The molecule has 0 bridgehead atoms. The summed E-state index contributed by atoms with van der Waals surface area (Å²) in [5.74, 6) is 1.49. The Morgan fingerprint density at radius 2 is 1.71 bits per heavy atom. The molecule has 2 nitrogen and oxygen atoms in total. The SMILES string of the molecule is CCC(=O)Cc1ccccc1-c1ccccc1OCCCl. The van der Waals surface area contributed by atoms with Crippen LogP contribution in [-0.2, 0) is 11.2 Å². The van der Waals surface area contributed by atoms with Gasteiger partial charge in [0.05, 0.1) is 5.88 Å². The lowest BCUT2D eigenvalue weighted by Crippen LogP contribution is -2.03. The number of ether oxygens (including phenoxy) is 1. The highest BCUT2D eigenvalue weighted by molar-refractivity contribution is 6.18. The third-order valence-electron chi connectivity index (χ3n) is 3.31. The van der Waals surface area contributed by atoms with Gasteiger partial charge in [0.25, 0.3) is 0 Å². The standard InChI is InChI=1S/C18H19ClO2/c1-2-15(20)13-14-7-3-4-8-16(14)17-9-5-6-10-18(17)21-12-11-19/h3-10H,2,11-13H2,1H3. The molecule has 0 aromatic heterocycles. The molecule has 0 amide bonds. The number of halogens is 1. The first-order valence-corrected chi connectivity index (χ1v) is 7.67. The van der Waals surface area contributed by atoms with E-state index in [1.54, 1.807) is 0 Å². The van der Waals surface area contributed by atoms with Crippen LogP contribution in [0.4, 0.5) is 0 Å². The van der Waals surface area contributed by atoms with Gasteiger partial charge in [-0.25, -0.2) is 0 Å². The Balaban J connectivity index is 2.40. The van der Waals surface area contributed by atoms with Gasteiger partial charge in [-0.1, -0.05) is 49.4 Å². The summed E-state index contributed by atoms with van der Waals surface area (Å²) in [4.78, 5) is 11.8. The van der Waals surface area contributed by atoms with E-state index in [9.17, 15) is 4.79 Å². The zero-order chi connectivity index (χ0) is 15.1. The van der Waals surface area contributed by atoms with Gasteiger partial charge < -0.3 is 4.74 Å². The molecule has 0 fully saturated rings. The van der Waals surface area contributed by atoms with Crippen molar-refractivity contribution < 1.29 is 9.53 Å². The molecule has 0 N–H and O–H groups in total. The number of hydrogen-bond donors (Lipinski definition) is 0. The first-order valence-electron chi connectivity index (χ1n) is 7.14. The molecule has 0 saturated heterocycles. The molecule has 0 spiro atoms. The van der Waals surface area contributed by atoms with Crippen molar-refractivity contribution in [3.8, 4) is 16.9 Å². The Hall–Kier alpha value is -1.80. The Kier molecular flexibility index (Phi) is 5.82. The maximum Gasteiger partial charge on any atom is 0.137 e. The molecule has 3 heteroatoms. The molecule has 0 aliphatic heterocycles. The molecule has 0 radical (unpaired) electrons. The van der Waals surface area contributed by atoms with Gasteiger partial charge in [-0.3, -0.25) is 4.79 Å². The number of para-hydroxylation sites is 1. The maximum absolute atomic E-state index is 11.8. The van der Waals surface area contributed by atoms with Crippen molar-refractivity contribution in [1.82, 2.24) is 0 Å². The van der Waals surface area contributed by atoms with Gasteiger partial charge in [0.2, 0.25) is 0 Å². The average Bonchev–Trinajstić information content (AvgIpc) is 2.53.